The van der Waals surface area contributed by atoms with E-state index in [1.165, 1.54) is 13.0 Å². The highest BCUT2D eigenvalue weighted by atomic mass is 19.1. The average Bonchev–Trinajstić information content (AvgIpc) is 2.67. The minimum Gasteiger partial charge on any atom is -0.507 e. The van der Waals surface area contributed by atoms with Gasteiger partial charge in [-0.05, 0) is 25.1 Å². The molecule has 0 saturated heterocycles. The number of carbonyl (C=O) groups excluding carboxylic acids is 2. The van der Waals surface area contributed by atoms with Crippen molar-refractivity contribution in [3.8, 4) is 11.5 Å². The van der Waals surface area contributed by atoms with E-state index in [0.717, 1.165) is 24.3 Å². The zero-order valence-corrected chi connectivity index (χ0v) is 14.6. The van der Waals surface area contributed by atoms with Gasteiger partial charge in [0.25, 0.3) is 5.91 Å². The number of halogens is 2. The van der Waals surface area contributed by atoms with Gasteiger partial charge in [-0.3, -0.25) is 4.79 Å². The van der Waals surface area contributed by atoms with Gasteiger partial charge in [-0.1, -0.05) is 30.3 Å². The number of ether oxygens (including phenoxy) is 1. The van der Waals surface area contributed by atoms with Crippen molar-refractivity contribution in [2.75, 3.05) is 5.32 Å². The summed E-state index contributed by atoms with van der Waals surface area (Å²) in [6.07, 6.45) is -1.43. The largest absolute Gasteiger partial charge is 0.507 e. The third-order valence-electron chi connectivity index (χ3n) is 4.08. The lowest BCUT2D eigenvalue weighted by molar-refractivity contribution is -0.123. The van der Waals surface area contributed by atoms with Crippen LogP contribution in [-0.2, 0) is 9.53 Å². The molecule has 0 aliphatic carbocycles. The molecule has 0 heterocycles. The molecule has 0 aliphatic heterocycles. The Hall–Kier alpha value is -3.68. The Kier molecular flexibility index (Phi) is 5.12. The summed E-state index contributed by atoms with van der Waals surface area (Å²) >= 11 is 0. The summed E-state index contributed by atoms with van der Waals surface area (Å²) < 4.78 is 32.2. The minimum absolute atomic E-state index is 0.222. The quantitative estimate of drug-likeness (QED) is 0.469. The summed E-state index contributed by atoms with van der Waals surface area (Å²) in [6, 6.07) is 10.4. The number of carbonyl (C=O) groups is 2. The highest BCUT2D eigenvalue weighted by Gasteiger charge is 2.24. The second kappa shape index (κ2) is 7.51. The van der Waals surface area contributed by atoms with Crippen molar-refractivity contribution in [2.45, 2.75) is 13.0 Å². The summed E-state index contributed by atoms with van der Waals surface area (Å²) in [5.74, 6) is -4.71. The Labute approximate surface area is 158 Å². The van der Waals surface area contributed by atoms with Gasteiger partial charge < -0.3 is 20.3 Å². The third-order valence-corrected chi connectivity index (χ3v) is 4.08. The Morgan fingerprint density at radius 1 is 1.00 bits per heavy atom. The van der Waals surface area contributed by atoms with Crippen molar-refractivity contribution in [3.63, 3.8) is 0 Å². The van der Waals surface area contributed by atoms with Crippen LogP contribution >= 0.6 is 0 Å². The van der Waals surface area contributed by atoms with Gasteiger partial charge in [-0.2, -0.15) is 0 Å². The molecule has 3 aromatic rings. The molecular formula is C20H15F2NO5. The molecule has 0 aliphatic rings. The fourth-order valence-corrected chi connectivity index (χ4v) is 2.62. The molecule has 144 valence electrons. The number of hydrogen-bond acceptors (Lipinski definition) is 5. The van der Waals surface area contributed by atoms with Gasteiger partial charge in [-0.25, -0.2) is 13.6 Å². The zero-order chi connectivity index (χ0) is 20.4. The molecular weight excluding hydrogens is 372 g/mol. The molecule has 3 N–H and O–H groups in total. The number of phenols is 2. The van der Waals surface area contributed by atoms with E-state index in [4.69, 9.17) is 4.74 Å². The number of benzene rings is 3. The summed E-state index contributed by atoms with van der Waals surface area (Å²) in [5, 5.41) is 22.9. The number of hydrogen-bond donors (Lipinski definition) is 3. The number of esters is 1. The predicted octanol–water partition coefficient (Wildman–Crippen LogP) is 3.71. The fraction of sp³-hybridized carbons (Fsp3) is 0.100. The van der Waals surface area contributed by atoms with E-state index in [0.29, 0.717) is 5.39 Å². The molecule has 28 heavy (non-hydrogen) atoms. The van der Waals surface area contributed by atoms with Gasteiger partial charge in [0.2, 0.25) is 0 Å². The van der Waals surface area contributed by atoms with Crippen LogP contribution in [0.25, 0.3) is 10.8 Å². The highest BCUT2D eigenvalue weighted by molar-refractivity contribution is 6.04. The fourth-order valence-electron chi connectivity index (χ4n) is 2.62. The van der Waals surface area contributed by atoms with E-state index in [9.17, 15) is 28.6 Å². The third kappa shape index (κ3) is 3.57. The van der Waals surface area contributed by atoms with E-state index in [2.05, 4.69) is 0 Å². The molecule has 0 bridgehead atoms. The number of nitrogens with one attached hydrogen (secondary N) is 1. The first-order valence-electron chi connectivity index (χ1n) is 8.19. The van der Waals surface area contributed by atoms with E-state index in [1.807, 2.05) is 5.32 Å². The van der Waals surface area contributed by atoms with Crippen LogP contribution < -0.4 is 5.32 Å². The average molecular weight is 387 g/mol. The van der Waals surface area contributed by atoms with Gasteiger partial charge in [0.1, 0.15) is 34.4 Å². The van der Waals surface area contributed by atoms with Crippen LogP contribution in [0, 0.1) is 11.6 Å². The Morgan fingerprint density at radius 3 is 2.25 bits per heavy atom. The number of para-hydroxylation sites is 1. The van der Waals surface area contributed by atoms with E-state index in [1.54, 1.807) is 18.2 Å². The van der Waals surface area contributed by atoms with Crippen molar-refractivity contribution in [1.82, 2.24) is 0 Å². The van der Waals surface area contributed by atoms with Crippen molar-refractivity contribution in [3.05, 3.63) is 65.7 Å². The number of fused-ring (bicyclic) bond motifs is 1. The van der Waals surface area contributed by atoms with Crippen LogP contribution in [0.15, 0.2) is 48.5 Å². The normalized spacial score (nSPS) is 11.8. The molecule has 0 radical (unpaired) electrons. The highest BCUT2D eigenvalue weighted by Crippen LogP contribution is 2.35. The molecule has 0 saturated carbocycles. The summed E-state index contributed by atoms with van der Waals surface area (Å²) in [5.41, 5.74) is -1.02. The Morgan fingerprint density at radius 2 is 1.61 bits per heavy atom. The monoisotopic (exact) mass is 387 g/mol. The lowest BCUT2D eigenvalue weighted by Gasteiger charge is -2.15. The van der Waals surface area contributed by atoms with Crippen molar-refractivity contribution < 1.29 is 33.3 Å². The number of rotatable bonds is 4. The predicted molar refractivity (Wildman–Crippen MR) is 97.1 cm³/mol. The van der Waals surface area contributed by atoms with Crippen LogP contribution in [0.3, 0.4) is 0 Å². The summed E-state index contributed by atoms with van der Waals surface area (Å²) in [4.78, 5) is 24.5. The van der Waals surface area contributed by atoms with E-state index >= 15 is 0 Å². The van der Waals surface area contributed by atoms with Crippen LogP contribution in [0.5, 0.6) is 11.5 Å². The van der Waals surface area contributed by atoms with Gasteiger partial charge in [0, 0.05) is 10.8 Å². The second-order valence-electron chi connectivity index (χ2n) is 5.97. The smallest absolute Gasteiger partial charge is 0.342 e. The van der Waals surface area contributed by atoms with Crippen LogP contribution in [0.2, 0.25) is 0 Å². The van der Waals surface area contributed by atoms with Crippen molar-refractivity contribution in [1.29, 1.82) is 0 Å². The van der Waals surface area contributed by atoms with Gasteiger partial charge >= 0.3 is 5.97 Å². The summed E-state index contributed by atoms with van der Waals surface area (Å²) in [6.45, 7) is 1.20. The molecule has 0 fully saturated rings. The van der Waals surface area contributed by atoms with Gasteiger partial charge in [-0.15, -0.1) is 0 Å². The Bertz CT molecular complexity index is 1060. The lowest BCUT2D eigenvalue weighted by Crippen LogP contribution is -2.30. The van der Waals surface area contributed by atoms with Crippen LogP contribution in [0.1, 0.15) is 17.3 Å². The molecule has 0 unspecified atom stereocenters. The topological polar surface area (TPSA) is 95.9 Å². The number of anilines is 1. The van der Waals surface area contributed by atoms with Gasteiger partial charge in [0.05, 0.1) is 0 Å². The molecule has 3 aromatic carbocycles. The van der Waals surface area contributed by atoms with Crippen molar-refractivity contribution in [2.24, 2.45) is 0 Å². The zero-order valence-electron chi connectivity index (χ0n) is 14.6. The molecule has 6 nitrogen and oxygen atoms in total. The number of phenolic OH excluding ortho intramolecular Hbond substituents is 2. The molecule has 8 heteroatoms. The number of amides is 1. The Balaban J connectivity index is 1.80. The summed E-state index contributed by atoms with van der Waals surface area (Å²) in [7, 11) is 0. The SMILES string of the molecule is C[C@H](OC(=O)c1cc(O)c2ccccc2c1O)C(=O)Nc1c(F)cccc1F. The standard InChI is InChI=1S/C20H15F2NO5/c1-10(19(26)23-17-14(21)7-4-8-15(17)22)28-20(27)13-9-16(24)11-5-2-3-6-12(11)18(13)25/h2-10,24-25H,1H3,(H,23,26)/t10-/m0/s1. The lowest BCUT2D eigenvalue weighted by atomic mass is 10.0. The van der Waals surface area contributed by atoms with E-state index < -0.39 is 41.1 Å². The number of aromatic hydroxyl groups is 2. The van der Waals surface area contributed by atoms with Gasteiger partial charge in [0.15, 0.2) is 6.10 Å². The first-order valence-corrected chi connectivity index (χ1v) is 8.19. The minimum atomic E-state index is -1.43. The van der Waals surface area contributed by atoms with Crippen LogP contribution in [-0.4, -0.2) is 28.2 Å². The molecule has 0 spiro atoms. The van der Waals surface area contributed by atoms with Crippen LogP contribution in [0.4, 0.5) is 14.5 Å². The van der Waals surface area contributed by atoms with E-state index in [-0.39, 0.29) is 16.7 Å². The first kappa shape index (κ1) is 19.1. The molecule has 3 rings (SSSR count). The maximum Gasteiger partial charge on any atom is 0.342 e. The maximum absolute atomic E-state index is 13.6. The first-order chi connectivity index (χ1) is 13.3. The molecule has 0 aromatic heterocycles. The second-order valence-corrected chi connectivity index (χ2v) is 5.97. The molecule has 1 amide bonds. The maximum atomic E-state index is 13.6. The van der Waals surface area contributed by atoms with Crippen molar-refractivity contribution >= 4 is 28.3 Å². The molecule has 1 atom stereocenters.